The van der Waals surface area contributed by atoms with Crippen LogP contribution < -0.4 is 5.32 Å². The van der Waals surface area contributed by atoms with Gasteiger partial charge < -0.3 is 4.74 Å². The number of alkyl halides is 5. The minimum absolute atomic E-state index is 0.0149. The number of benzene rings is 1. The second-order valence-corrected chi connectivity index (χ2v) is 3.92. The lowest BCUT2D eigenvalue weighted by atomic mass is 10.0. The van der Waals surface area contributed by atoms with E-state index in [-0.39, 0.29) is 11.1 Å². The zero-order chi connectivity index (χ0) is 15.3. The summed E-state index contributed by atoms with van der Waals surface area (Å²) in [6.45, 7) is -1.44. The molecule has 0 saturated carbocycles. The lowest BCUT2D eigenvalue weighted by Gasteiger charge is -2.18. The summed E-state index contributed by atoms with van der Waals surface area (Å²) in [5.41, 5.74) is -0.399. The van der Waals surface area contributed by atoms with Gasteiger partial charge in [-0.2, -0.15) is 13.2 Å². The van der Waals surface area contributed by atoms with Gasteiger partial charge in [0.05, 0.1) is 13.7 Å². The Morgan fingerprint density at radius 3 is 2.40 bits per heavy atom. The summed E-state index contributed by atoms with van der Waals surface area (Å²) in [4.78, 5) is 11.5. The highest BCUT2D eigenvalue weighted by atomic mass is 19.4. The lowest BCUT2D eigenvalue weighted by molar-refractivity contribution is -0.146. The predicted octanol–water partition coefficient (Wildman–Crippen LogP) is 2.99. The van der Waals surface area contributed by atoms with Gasteiger partial charge in [0.1, 0.15) is 6.04 Å². The molecule has 0 spiro atoms. The van der Waals surface area contributed by atoms with Gasteiger partial charge in [-0.25, -0.2) is 13.6 Å². The number of carbonyl (C=O) groups is 1. The van der Waals surface area contributed by atoms with Crippen molar-refractivity contribution in [1.29, 1.82) is 0 Å². The number of rotatable bonds is 5. The highest BCUT2D eigenvalue weighted by molar-refractivity contribution is 5.77. The largest absolute Gasteiger partial charge is 0.468 e. The number of ether oxygens (including phenoxy) is 1. The molecule has 0 saturated heterocycles. The van der Waals surface area contributed by atoms with Gasteiger partial charge >= 0.3 is 12.1 Å². The van der Waals surface area contributed by atoms with E-state index in [2.05, 4.69) is 4.74 Å². The highest BCUT2D eigenvalue weighted by Gasteiger charge is 2.31. The van der Waals surface area contributed by atoms with Crippen LogP contribution in [0.4, 0.5) is 22.0 Å². The Bertz CT molecular complexity index is 461. The van der Waals surface area contributed by atoms with E-state index in [4.69, 9.17) is 0 Å². The summed E-state index contributed by atoms with van der Waals surface area (Å²) in [5.74, 6) is -0.985. The molecule has 0 heterocycles. The van der Waals surface area contributed by atoms with Gasteiger partial charge in [-0.15, -0.1) is 0 Å². The Morgan fingerprint density at radius 1 is 1.30 bits per heavy atom. The summed E-state index contributed by atoms with van der Waals surface area (Å²) in [6.07, 6.45) is -7.32. The average molecular weight is 297 g/mol. The molecule has 112 valence electrons. The highest BCUT2D eigenvalue weighted by Crippen LogP contribution is 2.24. The Hall–Kier alpha value is -1.70. The number of esters is 1. The first-order valence-corrected chi connectivity index (χ1v) is 5.50. The molecule has 0 aliphatic rings. The molecule has 1 aromatic carbocycles. The van der Waals surface area contributed by atoms with E-state index >= 15 is 0 Å². The number of carbonyl (C=O) groups excluding carboxylic acids is 1. The van der Waals surface area contributed by atoms with Crippen LogP contribution in [-0.4, -0.2) is 25.8 Å². The second-order valence-electron chi connectivity index (χ2n) is 3.92. The molecule has 1 aromatic rings. The molecule has 0 fully saturated rings. The maximum Gasteiger partial charge on any atom is 0.401 e. The van der Waals surface area contributed by atoms with Crippen molar-refractivity contribution in [3.05, 3.63) is 35.4 Å². The molecule has 1 N–H and O–H groups in total. The van der Waals surface area contributed by atoms with Crippen molar-refractivity contribution in [3.63, 3.8) is 0 Å². The predicted molar refractivity (Wildman–Crippen MR) is 60.2 cm³/mol. The van der Waals surface area contributed by atoms with Crippen LogP contribution >= 0.6 is 0 Å². The Balaban J connectivity index is 2.98. The van der Waals surface area contributed by atoms with Gasteiger partial charge in [-0.3, -0.25) is 5.32 Å². The lowest BCUT2D eigenvalue weighted by Crippen LogP contribution is -2.36. The number of halogens is 5. The molecule has 0 aliphatic heterocycles. The van der Waals surface area contributed by atoms with Gasteiger partial charge in [-0.1, -0.05) is 18.2 Å². The Kier molecular flexibility index (Phi) is 5.43. The smallest absolute Gasteiger partial charge is 0.401 e. The fourth-order valence-corrected chi connectivity index (χ4v) is 1.55. The second kappa shape index (κ2) is 6.65. The van der Waals surface area contributed by atoms with Crippen molar-refractivity contribution >= 4 is 5.97 Å². The summed E-state index contributed by atoms with van der Waals surface area (Å²) < 4.78 is 66.0. The topological polar surface area (TPSA) is 38.3 Å². The third-order valence-electron chi connectivity index (χ3n) is 2.44. The van der Waals surface area contributed by atoms with E-state index in [1.165, 1.54) is 12.1 Å². The summed E-state index contributed by atoms with van der Waals surface area (Å²) in [6, 6.07) is 3.14. The number of nitrogens with one attached hydrogen (secondary N) is 1. The maximum absolute atomic E-state index is 12.6. The number of hydrogen-bond acceptors (Lipinski definition) is 3. The first kappa shape index (κ1) is 16.4. The standard InChI is InChI=1S/C12H12F5NO2/c1-20-11(19)9(18-6-12(15,16)17)7-3-2-4-8(5-7)10(13)14/h2-5,9-10,18H,6H2,1H3. The maximum atomic E-state index is 12.6. The van der Waals surface area contributed by atoms with Crippen LogP contribution in [0, 0.1) is 0 Å². The van der Waals surface area contributed by atoms with Crippen LogP contribution in [0.2, 0.25) is 0 Å². The van der Waals surface area contributed by atoms with E-state index in [1.54, 1.807) is 0 Å². The molecule has 1 atom stereocenters. The van der Waals surface area contributed by atoms with E-state index in [0.717, 1.165) is 19.2 Å². The van der Waals surface area contributed by atoms with Crippen LogP contribution in [0.5, 0.6) is 0 Å². The van der Waals surface area contributed by atoms with Crippen LogP contribution in [0.3, 0.4) is 0 Å². The molecule has 1 unspecified atom stereocenters. The molecular formula is C12H12F5NO2. The summed E-state index contributed by atoms with van der Waals surface area (Å²) >= 11 is 0. The molecule has 0 radical (unpaired) electrons. The minimum Gasteiger partial charge on any atom is -0.468 e. The van der Waals surface area contributed by atoms with Crippen molar-refractivity contribution in [3.8, 4) is 0 Å². The van der Waals surface area contributed by atoms with Crippen LogP contribution in [0.15, 0.2) is 24.3 Å². The molecule has 3 nitrogen and oxygen atoms in total. The van der Waals surface area contributed by atoms with Crippen LogP contribution in [0.25, 0.3) is 0 Å². The average Bonchev–Trinajstić information content (AvgIpc) is 2.37. The molecule has 20 heavy (non-hydrogen) atoms. The fraction of sp³-hybridized carbons (Fsp3) is 0.417. The molecule has 0 bridgehead atoms. The van der Waals surface area contributed by atoms with Crippen molar-refractivity contribution in [2.75, 3.05) is 13.7 Å². The number of methoxy groups -OCH3 is 1. The molecule has 0 aromatic heterocycles. The van der Waals surface area contributed by atoms with E-state index in [1.807, 2.05) is 5.32 Å². The third kappa shape index (κ3) is 4.76. The van der Waals surface area contributed by atoms with Gasteiger partial charge in [-0.05, 0) is 11.6 Å². The quantitative estimate of drug-likeness (QED) is 0.671. The van der Waals surface area contributed by atoms with E-state index < -0.39 is 31.2 Å². The monoisotopic (exact) mass is 297 g/mol. The van der Waals surface area contributed by atoms with Crippen molar-refractivity contribution in [1.82, 2.24) is 5.32 Å². The minimum atomic E-state index is -4.54. The number of hydrogen-bond donors (Lipinski definition) is 1. The van der Waals surface area contributed by atoms with Gasteiger partial charge in [0.2, 0.25) is 0 Å². The van der Waals surface area contributed by atoms with E-state index in [9.17, 15) is 26.7 Å². The molecule has 8 heteroatoms. The molecule has 0 aliphatic carbocycles. The Morgan fingerprint density at radius 2 is 1.90 bits per heavy atom. The summed E-state index contributed by atoms with van der Waals surface area (Å²) in [5, 5.41) is 1.95. The van der Waals surface area contributed by atoms with Gasteiger partial charge in [0, 0.05) is 5.56 Å². The normalized spacial score (nSPS) is 13.3. The van der Waals surface area contributed by atoms with Crippen LogP contribution in [-0.2, 0) is 9.53 Å². The summed E-state index contributed by atoms with van der Waals surface area (Å²) in [7, 11) is 1.00. The zero-order valence-electron chi connectivity index (χ0n) is 10.4. The van der Waals surface area contributed by atoms with Crippen molar-refractivity contribution in [2.24, 2.45) is 0 Å². The van der Waals surface area contributed by atoms with E-state index in [0.29, 0.717) is 0 Å². The van der Waals surface area contributed by atoms with Crippen molar-refractivity contribution in [2.45, 2.75) is 18.6 Å². The van der Waals surface area contributed by atoms with Gasteiger partial charge in [0.25, 0.3) is 6.43 Å². The van der Waals surface area contributed by atoms with Gasteiger partial charge in [0.15, 0.2) is 0 Å². The molecule has 0 amide bonds. The zero-order valence-corrected chi connectivity index (χ0v) is 10.4. The fourth-order valence-electron chi connectivity index (χ4n) is 1.55. The first-order chi connectivity index (χ1) is 9.24. The van der Waals surface area contributed by atoms with Crippen molar-refractivity contribution < 1.29 is 31.5 Å². The Labute approximate surface area is 111 Å². The SMILES string of the molecule is COC(=O)C(NCC(F)(F)F)c1cccc(C(F)F)c1. The van der Waals surface area contributed by atoms with Crippen LogP contribution in [0.1, 0.15) is 23.6 Å². The molecular weight excluding hydrogens is 285 g/mol. The first-order valence-electron chi connectivity index (χ1n) is 5.50. The third-order valence-corrected chi connectivity index (χ3v) is 2.44. The molecule has 1 rings (SSSR count).